The molecule has 0 aliphatic carbocycles. The zero-order valence-electron chi connectivity index (χ0n) is 12.5. The first-order chi connectivity index (χ1) is 10.6. The Morgan fingerprint density at radius 1 is 1.32 bits per heavy atom. The van der Waals surface area contributed by atoms with E-state index in [1.54, 1.807) is 18.3 Å². The number of amides is 1. The number of nitrogens with one attached hydrogen (secondary N) is 1. The van der Waals surface area contributed by atoms with E-state index in [1.807, 2.05) is 25.1 Å². The van der Waals surface area contributed by atoms with Gasteiger partial charge in [0, 0.05) is 31.0 Å². The van der Waals surface area contributed by atoms with Gasteiger partial charge in [0.05, 0.1) is 5.56 Å². The van der Waals surface area contributed by atoms with Crippen molar-refractivity contribution in [2.75, 3.05) is 13.2 Å². The van der Waals surface area contributed by atoms with E-state index in [0.29, 0.717) is 13.0 Å². The summed E-state index contributed by atoms with van der Waals surface area (Å²) in [7, 11) is 0. The minimum atomic E-state index is -0.347. The van der Waals surface area contributed by atoms with Crippen molar-refractivity contribution in [3.63, 3.8) is 0 Å². The third kappa shape index (κ3) is 4.30. The largest absolute Gasteiger partial charge is 0.507 e. The van der Waals surface area contributed by atoms with Crippen molar-refractivity contribution >= 4 is 5.91 Å². The van der Waals surface area contributed by atoms with Crippen LogP contribution in [0.2, 0.25) is 0 Å². The molecule has 0 radical (unpaired) electrons. The predicted octanol–water partition coefficient (Wildman–Crippen LogP) is 1.68. The van der Waals surface area contributed by atoms with Crippen LogP contribution in [0.25, 0.3) is 0 Å². The van der Waals surface area contributed by atoms with E-state index >= 15 is 0 Å². The van der Waals surface area contributed by atoms with Gasteiger partial charge in [-0.1, -0.05) is 17.7 Å². The van der Waals surface area contributed by atoms with E-state index in [1.165, 1.54) is 6.07 Å². The van der Waals surface area contributed by atoms with Gasteiger partial charge in [-0.25, -0.2) is 0 Å². The van der Waals surface area contributed by atoms with Crippen molar-refractivity contribution in [3.05, 3.63) is 59.4 Å². The minimum Gasteiger partial charge on any atom is -0.507 e. The molecular formula is C17H20N2O3. The molecular weight excluding hydrogens is 280 g/mol. The first kappa shape index (κ1) is 16.0. The number of phenols is 1. The van der Waals surface area contributed by atoms with Crippen molar-refractivity contribution in [1.82, 2.24) is 10.3 Å². The summed E-state index contributed by atoms with van der Waals surface area (Å²) < 4.78 is 0. The van der Waals surface area contributed by atoms with Crippen molar-refractivity contribution in [1.29, 1.82) is 0 Å². The molecule has 1 aromatic carbocycles. The number of aliphatic hydroxyl groups excluding tert-OH is 1. The van der Waals surface area contributed by atoms with Crippen LogP contribution in [0, 0.1) is 12.8 Å². The maximum absolute atomic E-state index is 12.1. The first-order valence-corrected chi connectivity index (χ1v) is 7.18. The van der Waals surface area contributed by atoms with Crippen molar-refractivity contribution in [2.45, 2.75) is 13.3 Å². The summed E-state index contributed by atoms with van der Waals surface area (Å²) in [5.74, 6) is -0.514. The maximum atomic E-state index is 12.1. The third-order valence-electron chi connectivity index (χ3n) is 3.43. The third-order valence-corrected chi connectivity index (χ3v) is 3.43. The molecule has 0 aliphatic heterocycles. The summed E-state index contributed by atoms with van der Waals surface area (Å²) in [6.07, 6.45) is 2.28. The number of benzene rings is 1. The summed E-state index contributed by atoms with van der Waals surface area (Å²) in [5.41, 5.74) is 2.01. The molecule has 0 saturated carbocycles. The van der Waals surface area contributed by atoms with Crippen LogP contribution in [0.1, 0.15) is 21.6 Å². The van der Waals surface area contributed by atoms with Gasteiger partial charge in [-0.05, 0) is 37.6 Å². The standard InChI is InChI=1S/C17H20N2O3/c1-12-5-6-16(21)15(8-12)17(22)19-10-13(11-20)9-14-4-2-3-7-18-14/h2-8,13,20-21H,9-11H2,1H3,(H,19,22). The van der Waals surface area contributed by atoms with E-state index in [4.69, 9.17) is 0 Å². The number of aromatic hydroxyl groups is 1. The number of phenolic OH excluding ortho intramolecular Hbond substituents is 1. The number of aliphatic hydroxyl groups is 1. The lowest BCUT2D eigenvalue weighted by atomic mass is 10.0. The summed E-state index contributed by atoms with van der Waals surface area (Å²) in [6.45, 7) is 2.13. The van der Waals surface area contributed by atoms with Gasteiger partial charge < -0.3 is 15.5 Å². The van der Waals surface area contributed by atoms with E-state index in [0.717, 1.165) is 11.3 Å². The highest BCUT2D eigenvalue weighted by Crippen LogP contribution is 2.18. The Morgan fingerprint density at radius 2 is 2.14 bits per heavy atom. The number of carbonyl (C=O) groups is 1. The average molecular weight is 300 g/mol. The monoisotopic (exact) mass is 300 g/mol. The Morgan fingerprint density at radius 3 is 2.82 bits per heavy atom. The summed E-state index contributed by atoms with van der Waals surface area (Å²) in [5, 5.41) is 21.9. The van der Waals surface area contributed by atoms with Gasteiger partial charge in [0.1, 0.15) is 5.75 Å². The number of hydrogen-bond acceptors (Lipinski definition) is 4. The van der Waals surface area contributed by atoms with Crippen molar-refractivity contribution in [3.8, 4) is 5.75 Å². The topological polar surface area (TPSA) is 82.5 Å². The number of hydrogen-bond donors (Lipinski definition) is 3. The molecule has 5 heteroatoms. The molecule has 0 bridgehead atoms. The van der Waals surface area contributed by atoms with Crippen molar-refractivity contribution in [2.24, 2.45) is 5.92 Å². The highest BCUT2D eigenvalue weighted by Gasteiger charge is 2.14. The molecule has 1 heterocycles. The molecule has 0 aliphatic rings. The fourth-order valence-electron chi connectivity index (χ4n) is 2.18. The maximum Gasteiger partial charge on any atom is 0.255 e. The Labute approximate surface area is 129 Å². The van der Waals surface area contributed by atoms with Crippen LogP contribution in [0.3, 0.4) is 0 Å². The zero-order valence-corrected chi connectivity index (χ0v) is 12.5. The normalized spacial score (nSPS) is 11.9. The number of aromatic nitrogens is 1. The lowest BCUT2D eigenvalue weighted by Gasteiger charge is -2.15. The van der Waals surface area contributed by atoms with Crippen LogP contribution >= 0.6 is 0 Å². The quantitative estimate of drug-likeness (QED) is 0.758. The molecule has 116 valence electrons. The van der Waals surface area contributed by atoms with Crippen molar-refractivity contribution < 1.29 is 15.0 Å². The van der Waals surface area contributed by atoms with Crippen LogP contribution in [-0.2, 0) is 6.42 Å². The van der Waals surface area contributed by atoms with Gasteiger partial charge in [0.15, 0.2) is 0 Å². The lowest BCUT2D eigenvalue weighted by Crippen LogP contribution is -2.32. The first-order valence-electron chi connectivity index (χ1n) is 7.18. The molecule has 5 nitrogen and oxygen atoms in total. The molecule has 22 heavy (non-hydrogen) atoms. The SMILES string of the molecule is Cc1ccc(O)c(C(=O)NCC(CO)Cc2ccccn2)c1. The summed E-state index contributed by atoms with van der Waals surface area (Å²) in [6, 6.07) is 10.5. The molecule has 1 aromatic heterocycles. The van der Waals surface area contributed by atoms with Crippen LogP contribution in [0.4, 0.5) is 0 Å². The fourth-order valence-corrected chi connectivity index (χ4v) is 2.18. The fraction of sp³-hybridized carbons (Fsp3) is 0.294. The number of pyridine rings is 1. The molecule has 0 fully saturated rings. The molecule has 1 amide bonds. The number of rotatable bonds is 6. The Kier molecular flexibility index (Phi) is 5.49. The predicted molar refractivity (Wildman–Crippen MR) is 83.7 cm³/mol. The lowest BCUT2D eigenvalue weighted by molar-refractivity contribution is 0.0937. The second-order valence-electron chi connectivity index (χ2n) is 5.30. The summed E-state index contributed by atoms with van der Waals surface area (Å²) in [4.78, 5) is 16.3. The van der Waals surface area contributed by atoms with Crippen LogP contribution < -0.4 is 5.32 Å². The van der Waals surface area contributed by atoms with E-state index < -0.39 is 0 Å². The van der Waals surface area contributed by atoms with Gasteiger partial charge in [-0.3, -0.25) is 9.78 Å². The highest BCUT2D eigenvalue weighted by atomic mass is 16.3. The van der Waals surface area contributed by atoms with Gasteiger partial charge in [0.25, 0.3) is 5.91 Å². The Hall–Kier alpha value is -2.40. The van der Waals surface area contributed by atoms with E-state index in [-0.39, 0.29) is 29.7 Å². The number of carbonyl (C=O) groups excluding carboxylic acids is 1. The van der Waals surface area contributed by atoms with Gasteiger partial charge >= 0.3 is 0 Å². The Balaban J connectivity index is 1.95. The number of nitrogens with zero attached hydrogens (tertiary/aromatic N) is 1. The van der Waals surface area contributed by atoms with E-state index in [9.17, 15) is 15.0 Å². The Bertz CT molecular complexity index is 629. The average Bonchev–Trinajstić information content (AvgIpc) is 2.54. The summed E-state index contributed by atoms with van der Waals surface area (Å²) >= 11 is 0. The van der Waals surface area contributed by atoms with Gasteiger partial charge in [-0.2, -0.15) is 0 Å². The van der Waals surface area contributed by atoms with Crippen LogP contribution in [0.5, 0.6) is 5.75 Å². The van der Waals surface area contributed by atoms with Gasteiger partial charge in [-0.15, -0.1) is 0 Å². The minimum absolute atomic E-state index is 0.0450. The van der Waals surface area contributed by atoms with Crippen LogP contribution in [0.15, 0.2) is 42.6 Å². The smallest absolute Gasteiger partial charge is 0.255 e. The molecule has 2 rings (SSSR count). The number of aryl methyl sites for hydroxylation is 1. The zero-order chi connectivity index (χ0) is 15.9. The molecule has 0 spiro atoms. The molecule has 3 N–H and O–H groups in total. The second-order valence-corrected chi connectivity index (χ2v) is 5.30. The molecule has 1 atom stereocenters. The van der Waals surface area contributed by atoms with Gasteiger partial charge in [0.2, 0.25) is 0 Å². The van der Waals surface area contributed by atoms with Crippen LogP contribution in [-0.4, -0.2) is 34.3 Å². The highest BCUT2D eigenvalue weighted by molar-refractivity contribution is 5.96. The molecule has 1 unspecified atom stereocenters. The molecule has 0 saturated heterocycles. The second kappa shape index (κ2) is 7.56. The van der Waals surface area contributed by atoms with E-state index in [2.05, 4.69) is 10.3 Å². The molecule has 2 aromatic rings.